The van der Waals surface area contributed by atoms with Gasteiger partial charge in [0, 0.05) is 24.5 Å². The Balaban J connectivity index is 0.000000273. The van der Waals surface area contributed by atoms with Gasteiger partial charge in [-0.1, -0.05) is 65.2 Å². The quantitative estimate of drug-likeness (QED) is 0.0593. The number of rotatable bonds is 8. The Bertz CT molecular complexity index is 1350. The predicted octanol–water partition coefficient (Wildman–Crippen LogP) is 11.4. The first-order valence-corrected chi connectivity index (χ1v) is 17.6. The van der Waals surface area contributed by atoms with Gasteiger partial charge < -0.3 is 9.47 Å². The molecule has 0 spiro atoms. The zero-order valence-electron chi connectivity index (χ0n) is 29.5. The van der Waals surface area contributed by atoms with Crippen LogP contribution in [-0.2, 0) is 31.3 Å². The van der Waals surface area contributed by atoms with Crippen molar-refractivity contribution in [1.29, 1.82) is 0 Å². The molecule has 51 heavy (non-hydrogen) atoms. The molecule has 4 aromatic rings. The van der Waals surface area contributed by atoms with E-state index in [4.69, 9.17) is 9.47 Å². The van der Waals surface area contributed by atoms with Gasteiger partial charge in [-0.15, -0.1) is 36.4 Å². The molecule has 0 aromatic heterocycles. The molecule has 272 valence electrons. The zero-order valence-corrected chi connectivity index (χ0v) is 31.1. The van der Waals surface area contributed by atoms with Crippen LogP contribution in [0.15, 0.2) is 84.9 Å². The summed E-state index contributed by atoms with van der Waals surface area (Å²) in [6.45, 7) is 4.50. The topological polar surface area (TPSA) is 52.6 Å². The van der Waals surface area contributed by atoms with E-state index in [1.54, 1.807) is 0 Å². The van der Waals surface area contributed by atoms with Crippen molar-refractivity contribution >= 4 is 11.9 Å². The Hall–Kier alpha value is -3.49. The summed E-state index contributed by atoms with van der Waals surface area (Å²) >= 11 is 0. The van der Waals surface area contributed by atoms with E-state index in [1.165, 1.54) is 25.7 Å². The zero-order chi connectivity index (χ0) is 36.1. The molecule has 2 aliphatic carbocycles. The van der Waals surface area contributed by atoms with Crippen LogP contribution in [0.25, 0.3) is 0 Å². The van der Waals surface area contributed by atoms with Gasteiger partial charge in [0.25, 0.3) is 11.9 Å². The minimum Gasteiger partial charge on any atom is -0.488 e. The van der Waals surface area contributed by atoms with E-state index in [1.807, 2.05) is 72.8 Å². The Kier molecular flexibility index (Phi) is 21.1. The molecule has 0 saturated heterocycles. The Labute approximate surface area is 315 Å². The van der Waals surface area contributed by atoms with E-state index >= 15 is 0 Å². The second kappa shape index (κ2) is 24.7. The molecule has 0 atom stereocenters. The van der Waals surface area contributed by atoms with Crippen LogP contribution < -0.4 is 9.47 Å². The van der Waals surface area contributed by atoms with Gasteiger partial charge in [-0.25, -0.2) is 41.8 Å². The molecule has 0 unspecified atom stereocenters. The average molecular weight is 741 g/mol. The summed E-state index contributed by atoms with van der Waals surface area (Å²) in [5, 5.41) is 0. The van der Waals surface area contributed by atoms with Crippen LogP contribution in [0.5, 0.6) is 11.5 Å². The first-order valence-electron chi connectivity index (χ1n) is 17.6. The van der Waals surface area contributed by atoms with Crippen molar-refractivity contribution in [2.45, 2.75) is 90.9 Å². The standard InChI is InChI=1S/2C16H19F2O2.2C5H5.Ti/c2*1-11-2-4-12(5-3-11)6-9-16(19)20-15-8-7-13(17)10-14(15)18;2*1-2-4-5-3-1;/h2*7-8,11-12H,2-6,9H2,1H3;2*1-5H;/q4*-1;+4. The molecule has 2 saturated carbocycles. The molecular formula is C42H48F4O4Ti. The van der Waals surface area contributed by atoms with Crippen molar-refractivity contribution in [1.82, 2.24) is 0 Å². The van der Waals surface area contributed by atoms with Gasteiger partial charge in [-0.3, -0.25) is 9.59 Å². The van der Waals surface area contributed by atoms with E-state index < -0.39 is 35.2 Å². The molecule has 2 fully saturated rings. The van der Waals surface area contributed by atoms with Crippen molar-refractivity contribution in [3.63, 3.8) is 0 Å². The Morgan fingerprint density at radius 1 is 0.608 bits per heavy atom. The van der Waals surface area contributed by atoms with E-state index in [9.17, 15) is 27.2 Å². The molecule has 0 aliphatic heterocycles. The average Bonchev–Trinajstić information content (AvgIpc) is 3.88. The normalized spacial score (nSPS) is 19.3. The first-order chi connectivity index (χ1) is 24.1. The molecule has 6 rings (SSSR count). The summed E-state index contributed by atoms with van der Waals surface area (Å²) in [6, 6.07) is 28.0. The Morgan fingerprint density at radius 2 is 0.941 bits per heavy atom. The second-order valence-electron chi connectivity index (χ2n) is 13.2. The number of esters is 2. The maximum Gasteiger partial charge on any atom is 4.00 e. The minimum atomic E-state index is -0.968. The Morgan fingerprint density at radius 3 is 1.22 bits per heavy atom. The number of benzene rings is 2. The van der Waals surface area contributed by atoms with Crippen molar-refractivity contribution in [3.8, 4) is 11.5 Å². The van der Waals surface area contributed by atoms with Crippen molar-refractivity contribution in [2.75, 3.05) is 0 Å². The fourth-order valence-corrected chi connectivity index (χ4v) is 5.89. The second-order valence-corrected chi connectivity index (χ2v) is 13.2. The van der Waals surface area contributed by atoms with Gasteiger partial charge in [-0.2, -0.15) is 36.4 Å². The number of carbonyl (C=O) groups is 2. The third-order valence-corrected chi connectivity index (χ3v) is 9.00. The van der Waals surface area contributed by atoms with Gasteiger partial charge in [0.1, 0.15) is 0 Å². The summed E-state index contributed by atoms with van der Waals surface area (Å²) in [7, 11) is 0. The van der Waals surface area contributed by atoms with E-state index in [-0.39, 0.29) is 46.1 Å². The van der Waals surface area contributed by atoms with E-state index in [0.29, 0.717) is 11.8 Å². The number of ether oxygens (including phenoxy) is 2. The van der Waals surface area contributed by atoms with Gasteiger partial charge in [0.15, 0.2) is 0 Å². The molecule has 2 aliphatic rings. The summed E-state index contributed by atoms with van der Waals surface area (Å²) < 4.78 is 61.7. The van der Waals surface area contributed by atoms with E-state index in [2.05, 4.69) is 13.8 Å². The third-order valence-electron chi connectivity index (χ3n) is 9.00. The monoisotopic (exact) mass is 740 g/mol. The number of hydrogen-bond donors (Lipinski definition) is 0. The van der Waals surface area contributed by atoms with Crippen LogP contribution in [0, 0.1) is 59.1 Å². The maximum absolute atomic E-state index is 13.3. The number of hydrogen-bond acceptors (Lipinski definition) is 4. The summed E-state index contributed by atoms with van der Waals surface area (Å²) in [6.07, 6.45) is 11.5. The maximum atomic E-state index is 13.3. The summed E-state index contributed by atoms with van der Waals surface area (Å²) in [5.41, 5.74) is 0. The van der Waals surface area contributed by atoms with Crippen LogP contribution in [0.2, 0.25) is 0 Å². The fourth-order valence-electron chi connectivity index (χ4n) is 5.89. The van der Waals surface area contributed by atoms with Crippen LogP contribution in [0.1, 0.15) is 90.9 Å². The SMILES string of the molecule is CC1CCC(CCC(=O)Oc2ccc(F)[c-]c2F)CC1.CC1CCC(CCC(=O)Oc2ccc(F)[c-]c2F)CC1.[Ti+4].c1cc[cH-]c1.c1cc[cH-]c1. The minimum absolute atomic E-state index is 0. The predicted molar refractivity (Wildman–Crippen MR) is 186 cm³/mol. The van der Waals surface area contributed by atoms with Gasteiger partial charge in [0.2, 0.25) is 0 Å². The summed E-state index contributed by atoms with van der Waals surface area (Å²) in [5.74, 6) is -2.32. The van der Waals surface area contributed by atoms with Gasteiger partial charge in [0.05, 0.1) is 23.1 Å². The largest absolute Gasteiger partial charge is 4.00 e. The van der Waals surface area contributed by atoms with Crippen molar-refractivity contribution in [3.05, 3.63) is 120 Å². The molecule has 9 heteroatoms. The third kappa shape index (κ3) is 18.5. The van der Waals surface area contributed by atoms with Gasteiger partial charge in [-0.05, 0) is 36.5 Å². The van der Waals surface area contributed by atoms with Gasteiger partial charge >= 0.3 is 21.7 Å². The summed E-state index contributed by atoms with van der Waals surface area (Å²) in [4.78, 5) is 23.3. The number of halogens is 4. The molecule has 0 bridgehead atoms. The molecular weight excluding hydrogens is 692 g/mol. The van der Waals surface area contributed by atoms with Crippen LogP contribution in [-0.4, -0.2) is 11.9 Å². The van der Waals surface area contributed by atoms with Crippen LogP contribution in [0.3, 0.4) is 0 Å². The van der Waals surface area contributed by atoms with E-state index in [0.717, 1.165) is 74.6 Å². The molecule has 0 radical (unpaired) electrons. The molecule has 0 N–H and O–H groups in total. The molecule has 4 nitrogen and oxygen atoms in total. The molecule has 0 amide bonds. The van der Waals surface area contributed by atoms with Crippen LogP contribution in [0.4, 0.5) is 17.6 Å². The fraction of sp³-hybridized carbons (Fsp3) is 0.429. The van der Waals surface area contributed by atoms with Crippen molar-refractivity contribution < 1.29 is 58.3 Å². The van der Waals surface area contributed by atoms with Crippen molar-refractivity contribution in [2.24, 2.45) is 23.7 Å². The molecule has 4 aromatic carbocycles. The molecule has 0 heterocycles. The smallest absolute Gasteiger partial charge is 0.488 e. The van der Waals surface area contributed by atoms with Crippen LogP contribution >= 0.6 is 0 Å². The number of carbonyl (C=O) groups excluding carboxylic acids is 2. The first kappa shape index (κ1) is 43.7.